The smallest absolute Gasteiger partial charge is 0.261 e. The molecule has 0 atom stereocenters. The van der Waals surface area contributed by atoms with Crippen molar-refractivity contribution in [3.63, 3.8) is 0 Å². The number of rotatable bonds is 7. The lowest BCUT2D eigenvalue weighted by molar-refractivity contribution is 0.0968. The Labute approximate surface area is 180 Å². The average molecular weight is 486 g/mol. The fraction of sp³-hybridized carbons (Fsp3) is 0.278. The van der Waals surface area contributed by atoms with Gasteiger partial charge in [-0.1, -0.05) is 15.9 Å². The van der Waals surface area contributed by atoms with Gasteiger partial charge in [-0.3, -0.25) is 14.9 Å². The van der Waals surface area contributed by atoms with Crippen molar-refractivity contribution in [3.8, 4) is 5.75 Å². The number of nitrogens with one attached hydrogen (secondary N) is 2. The highest BCUT2D eigenvalue weighted by molar-refractivity contribution is 9.10. The standard InChI is InChI=1S/C18H20BrN3O4S2/c1-9-10(2)28-17(14(9)15(20)23)22-18(27)21-16(24)12-8-11(19)4-5-13(12)26-7-6-25-3/h4-5,8H,6-7H2,1-3H3,(H2,20,23)(H2,21,22,24,27). The number of anilines is 1. The molecule has 1 aromatic heterocycles. The summed E-state index contributed by atoms with van der Waals surface area (Å²) in [5, 5.41) is 6.04. The summed E-state index contributed by atoms with van der Waals surface area (Å²) in [7, 11) is 1.57. The summed E-state index contributed by atoms with van der Waals surface area (Å²) in [5.74, 6) is -0.600. The van der Waals surface area contributed by atoms with Crippen LogP contribution in [0.15, 0.2) is 22.7 Å². The second-order valence-corrected chi connectivity index (χ2v) is 8.29. The van der Waals surface area contributed by atoms with Gasteiger partial charge in [-0.05, 0) is 49.8 Å². The minimum Gasteiger partial charge on any atom is -0.490 e. The van der Waals surface area contributed by atoms with Gasteiger partial charge in [0.1, 0.15) is 17.4 Å². The second-order valence-electron chi connectivity index (χ2n) is 5.74. The Hall–Kier alpha value is -2.01. The van der Waals surface area contributed by atoms with E-state index in [4.69, 9.17) is 27.4 Å². The Morgan fingerprint density at radius 2 is 2.00 bits per heavy atom. The molecule has 150 valence electrons. The van der Waals surface area contributed by atoms with Crippen LogP contribution < -0.4 is 21.1 Å². The molecule has 4 N–H and O–H groups in total. The van der Waals surface area contributed by atoms with Crippen molar-refractivity contribution >= 4 is 61.4 Å². The fourth-order valence-corrected chi connectivity index (χ4v) is 4.05. The highest BCUT2D eigenvalue weighted by Gasteiger charge is 2.20. The molecular weight excluding hydrogens is 466 g/mol. The summed E-state index contributed by atoms with van der Waals surface area (Å²) in [6.07, 6.45) is 0. The Bertz CT molecular complexity index is 914. The Morgan fingerprint density at radius 1 is 1.29 bits per heavy atom. The first kappa shape index (κ1) is 22.3. The molecule has 7 nitrogen and oxygen atoms in total. The lowest BCUT2D eigenvalue weighted by Crippen LogP contribution is -2.34. The van der Waals surface area contributed by atoms with E-state index in [1.807, 2.05) is 13.8 Å². The lowest BCUT2D eigenvalue weighted by atomic mass is 10.1. The number of thiocarbonyl (C=S) groups is 1. The Kier molecular flexibility index (Phi) is 7.93. The number of aryl methyl sites for hydroxylation is 1. The molecule has 2 rings (SSSR count). The van der Waals surface area contributed by atoms with Gasteiger partial charge in [-0.15, -0.1) is 11.3 Å². The monoisotopic (exact) mass is 485 g/mol. The maximum atomic E-state index is 12.7. The van der Waals surface area contributed by atoms with Gasteiger partial charge in [0.15, 0.2) is 5.11 Å². The number of methoxy groups -OCH3 is 1. The van der Waals surface area contributed by atoms with E-state index in [2.05, 4.69) is 26.6 Å². The van der Waals surface area contributed by atoms with E-state index >= 15 is 0 Å². The molecule has 28 heavy (non-hydrogen) atoms. The van der Waals surface area contributed by atoms with Crippen LogP contribution in [0.3, 0.4) is 0 Å². The highest BCUT2D eigenvalue weighted by atomic mass is 79.9. The predicted molar refractivity (Wildman–Crippen MR) is 118 cm³/mol. The van der Waals surface area contributed by atoms with E-state index in [1.165, 1.54) is 11.3 Å². The molecule has 0 saturated carbocycles. The summed E-state index contributed by atoms with van der Waals surface area (Å²) in [5.41, 5.74) is 6.92. The van der Waals surface area contributed by atoms with Gasteiger partial charge < -0.3 is 20.5 Å². The van der Waals surface area contributed by atoms with Crippen LogP contribution in [-0.4, -0.2) is 37.3 Å². The van der Waals surface area contributed by atoms with E-state index in [0.29, 0.717) is 35.1 Å². The van der Waals surface area contributed by atoms with Crippen molar-refractivity contribution in [2.24, 2.45) is 5.73 Å². The first-order chi connectivity index (χ1) is 13.2. The zero-order valence-corrected chi connectivity index (χ0v) is 18.8. The SMILES string of the molecule is COCCOc1ccc(Br)cc1C(=O)NC(=S)Nc1sc(C)c(C)c1C(N)=O. The van der Waals surface area contributed by atoms with Gasteiger partial charge in [0.2, 0.25) is 0 Å². The van der Waals surface area contributed by atoms with Crippen LogP contribution in [-0.2, 0) is 4.74 Å². The minimum atomic E-state index is -0.556. The molecule has 0 radical (unpaired) electrons. The van der Waals surface area contributed by atoms with Crippen LogP contribution in [0.4, 0.5) is 5.00 Å². The number of amides is 2. The van der Waals surface area contributed by atoms with Crippen LogP contribution in [0.5, 0.6) is 5.75 Å². The van der Waals surface area contributed by atoms with Crippen molar-refractivity contribution in [2.45, 2.75) is 13.8 Å². The molecule has 0 aliphatic heterocycles. The van der Waals surface area contributed by atoms with E-state index < -0.39 is 11.8 Å². The van der Waals surface area contributed by atoms with Crippen molar-refractivity contribution in [3.05, 3.63) is 44.2 Å². The number of halogens is 1. The van der Waals surface area contributed by atoms with Gasteiger partial charge in [-0.2, -0.15) is 0 Å². The van der Waals surface area contributed by atoms with Crippen molar-refractivity contribution in [2.75, 3.05) is 25.6 Å². The van der Waals surface area contributed by atoms with Gasteiger partial charge in [0, 0.05) is 16.5 Å². The van der Waals surface area contributed by atoms with E-state index in [9.17, 15) is 9.59 Å². The molecule has 0 aliphatic rings. The molecule has 0 unspecified atom stereocenters. The lowest BCUT2D eigenvalue weighted by Gasteiger charge is -2.13. The first-order valence-corrected chi connectivity index (χ1v) is 10.2. The van der Waals surface area contributed by atoms with Crippen LogP contribution in [0.1, 0.15) is 31.2 Å². The number of ether oxygens (including phenoxy) is 2. The Balaban J connectivity index is 2.15. The summed E-state index contributed by atoms with van der Waals surface area (Å²) in [6.45, 7) is 4.38. The largest absolute Gasteiger partial charge is 0.490 e. The van der Waals surface area contributed by atoms with Gasteiger partial charge >= 0.3 is 0 Å². The van der Waals surface area contributed by atoms with Gasteiger partial charge in [0.25, 0.3) is 11.8 Å². The maximum absolute atomic E-state index is 12.7. The van der Waals surface area contributed by atoms with Gasteiger partial charge in [0.05, 0.1) is 17.7 Å². The normalized spacial score (nSPS) is 10.4. The minimum absolute atomic E-state index is 0.0524. The molecule has 2 amide bonds. The van der Waals surface area contributed by atoms with Crippen molar-refractivity contribution < 1.29 is 19.1 Å². The van der Waals surface area contributed by atoms with Crippen molar-refractivity contribution in [1.29, 1.82) is 0 Å². The molecule has 2 aromatic rings. The number of thiophene rings is 1. The van der Waals surface area contributed by atoms with Gasteiger partial charge in [-0.25, -0.2) is 0 Å². The third kappa shape index (κ3) is 5.51. The second kappa shape index (κ2) is 9.97. The molecule has 0 aliphatic carbocycles. The number of benzene rings is 1. The van der Waals surface area contributed by atoms with Crippen LogP contribution in [0, 0.1) is 13.8 Å². The average Bonchev–Trinajstić information content (AvgIpc) is 2.89. The number of nitrogens with two attached hydrogens (primary N) is 1. The summed E-state index contributed by atoms with van der Waals surface area (Å²) >= 11 is 9.92. The molecule has 0 fully saturated rings. The maximum Gasteiger partial charge on any atom is 0.261 e. The van der Waals surface area contributed by atoms with E-state index in [1.54, 1.807) is 25.3 Å². The number of carbonyl (C=O) groups is 2. The molecular formula is C18H20BrN3O4S2. The summed E-state index contributed by atoms with van der Waals surface area (Å²) in [4.78, 5) is 25.3. The molecule has 0 saturated heterocycles. The van der Waals surface area contributed by atoms with Crippen LogP contribution in [0.2, 0.25) is 0 Å². The zero-order chi connectivity index (χ0) is 20.8. The number of carbonyl (C=O) groups excluding carboxylic acids is 2. The Morgan fingerprint density at radius 3 is 2.64 bits per heavy atom. The van der Waals surface area contributed by atoms with Crippen LogP contribution in [0.25, 0.3) is 0 Å². The molecule has 1 heterocycles. The first-order valence-electron chi connectivity index (χ1n) is 8.18. The van der Waals surface area contributed by atoms with Crippen LogP contribution >= 0.6 is 39.5 Å². The number of hydrogen-bond acceptors (Lipinski definition) is 6. The third-order valence-corrected chi connectivity index (χ3v) is 5.64. The topological polar surface area (TPSA) is 103 Å². The number of primary amides is 1. The van der Waals surface area contributed by atoms with E-state index in [0.717, 1.165) is 14.9 Å². The molecule has 10 heteroatoms. The summed E-state index contributed by atoms with van der Waals surface area (Å²) < 4.78 is 11.3. The zero-order valence-electron chi connectivity index (χ0n) is 15.6. The quantitative estimate of drug-likeness (QED) is 0.410. The predicted octanol–water partition coefficient (Wildman–Crippen LogP) is 3.38. The fourth-order valence-electron chi connectivity index (χ4n) is 2.36. The molecule has 0 bridgehead atoms. The third-order valence-electron chi connectivity index (χ3n) is 3.82. The number of hydrogen-bond donors (Lipinski definition) is 3. The van der Waals surface area contributed by atoms with E-state index in [-0.39, 0.29) is 5.11 Å². The highest BCUT2D eigenvalue weighted by Crippen LogP contribution is 2.32. The summed E-state index contributed by atoms with van der Waals surface area (Å²) in [6, 6.07) is 5.09. The molecule has 1 aromatic carbocycles. The van der Waals surface area contributed by atoms with Crippen molar-refractivity contribution in [1.82, 2.24) is 5.32 Å². The molecule has 0 spiro atoms.